The maximum Gasteiger partial charge on any atom is 0.357 e. The predicted octanol–water partition coefficient (Wildman–Crippen LogP) is 4.71. The number of aromatic amines is 1. The number of nitrogens with one attached hydrogen (secondary N) is 1. The van der Waals surface area contributed by atoms with Crippen molar-refractivity contribution in [3.05, 3.63) is 86.2 Å². The molecule has 2 aromatic heterocycles. The summed E-state index contributed by atoms with van der Waals surface area (Å²) in [4.78, 5) is 39.9. The number of H-pyrrole nitrogens is 1. The molecule has 0 radical (unpaired) electrons. The van der Waals surface area contributed by atoms with Crippen LogP contribution in [0.3, 0.4) is 0 Å². The van der Waals surface area contributed by atoms with Crippen molar-refractivity contribution in [2.45, 2.75) is 6.04 Å². The number of aliphatic hydroxyl groups is 1. The quantitative estimate of drug-likeness (QED) is 0.202. The van der Waals surface area contributed by atoms with Crippen LogP contribution in [0.15, 0.2) is 70.0 Å². The maximum atomic E-state index is 13.2. The van der Waals surface area contributed by atoms with Crippen molar-refractivity contribution in [3.63, 3.8) is 0 Å². The molecule has 8 nitrogen and oxygen atoms in total. The molecule has 1 amide bonds. The summed E-state index contributed by atoms with van der Waals surface area (Å²) in [6, 6.07) is 14.1. The SMILES string of the molecule is O=C1C(=O)N(c2ccc3[nH]nc(C(=O)O)c3c2)[C@H](c2cc(Br)cs2)/C1=C(\O)c1ccccc1. The molecular formula is C23H14BrN3O5S. The molecular weight excluding hydrogens is 510 g/mol. The number of halogens is 1. The molecule has 1 aliphatic heterocycles. The average Bonchev–Trinajstić information content (AvgIpc) is 3.50. The van der Waals surface area contributed by atoms with Gasteiger partial charge in [-0.2, -0.15) is 5.10 Å². The Morgan fingerprint density at radius 1 is 1.09 bits per heavy atom. The molecule has 0 aliphatic carbocycles. The van der Waals surface area contributed by atoms with Crippen LogP contribution in [0.2, 0.25) is 0 Å². The fourth-order valence-electron chi connectivity index (χ4n) is 3.91. The van der Waals surface area contributed by atoms with E-state index in [-0.39, 0.29) is 17.0 Å². The highest BCUT2D eigenvalue weighted by Gasteiger charge is 2.47. The third-order valence-electron chi connectivity index (χ3n) is 5.38. The van der Waals surface area contributed by atoms with E-state index in [0.717, 1.165) is 4.47 Å². The molecule has 3 N–H and O–H groups in total. The molecule has 3 heterocycles. The van der Waals surface area contributed by atoms with Gasteiger partial charge in [-0.1, -0.05) is 30.3 Å². The molecule has 1 saturated heterocycles. The summed E-state index contributed by atoms with van der Waals surface area (Å²) in [5, 5.41) is 29.1. The Kier molecular flexibility index (Phi) is 5.10. The lowest BCUT2D eigenvalue weighted by Crippen LogP contribution is -2.29. The fourth-order valence-corrected chi connectivity index (χ4v) is 5.45. The van der Waals surface area contributed by atoms with E-state index in [1.165, 1.54) is 22.3 Å². The summed E-state index contributed by atoms with van der Waals surface area (Å²) in [5.41, 5.74) is 0.978. The number of amides is 1. The highest BCUT2D eigenvalue weighted by Crippen LogP contribution is 2.45. The lowest BCUT2D eigenvalue weighted by Gasteiger charge is -2.24. The normalized spacial score (nSPS) is 17.7. The van der Waals surface area contributed by atoms with Crippen LogP contribution in [0.4, 0.5) is 5.69 Å². The smallest absolute Gasteiger partial charge is 0.357 e. The number of Topliss-reactive ketones (excluding diaryl/α,β-unsaturated/α-hetero) is 1. The van der Waals surface area contributed by atoms with Crippen molar-refractivity contribution in [3.8, 4) is 0 Å². The van der Waals surface area contributed by atoms with Gasteiger partial charge < -0.3 is 10.2 Å². The van der Waals surface area contributed by atoms with E-state index in [0.29, 0.717) is 27.0 Å². The van der Waals surface area contributed by atoms with Gasteiger partial charge in [-0.15, -0.1) is 11.3 Å². The van der Waals surface area contributed by atoms with Crippen molar-refractivity contribution < 1.29 is 24.6 Å². The number of carbonyl (C=O) groups excluding carboxylic acids is 2. The molecule has 1 fully saturated rings. The summed E-state index contributed by atoms with van der Waals surface area (Å²) >= 11 is 4.73. The molecule has 0 saturated carbocycles. The lowest BCUT2D eigenvalue weighted by atomic mass is 9.99. The molecule has 0 bridgehead atoms. The summed E-state index contributed by atoms with van der Waals surface area (Å²) in [6.45, 7) is 0. The average molecular weight is 524 g/mol. The van der Waals surface area contributed by atoms with Gasteiger partial charge in [0.2, 0.25) is 0 Å². The first kappa shape index (κ1) is 21.1. The van der Waals surface area contributed by atoms with E-state index < -0.39 is 23.7 Å². The van der Waals surface area contributed by atoms with E-state index >= 15 is 0 Å². The number of aromatic carboxylic acids is 1. The van der Waals surface area contributed by atoms with E-state index in [9.17, 15) is 24.6 Å². The predicted molar refractivity (Wildman–Crippen MR) is 126 cm³/mol. The van der Waals surface area contributed by atoms with Gasteiger partial charge in [0.15, 0.2) is 5.69 Å². The number of ketones is 1. The zero-order chi connectivity index (χ0) is 23.3. The van der Waals surface area contributed by atoms with Crippen molar-refractivity contribution >= 4 is 67.3 Å². The molecule has 164 valence electrons. The number of aliphatic hydroxyl groups excluding tert-OH is 1. The number of rotatable bonds is 4. The van der Waals surface area contributed by atoms with Gasteiger partial charge in [0.25, 0.3) is 11.7 Å². The minimum Gasteiger partial charge on any atom is -0.507 e. The topological polar surface area (TPSA) is 124 Å². The number of aromatic nitrogens is 2. The monoisotopic (exact) mass is 523 g/mol. The largest absolute Gasteiger partial charge is 0.507 e. The number of thiophene rings is 1. The van der Waals surface area contributed by atoms with Gasteiger partial charge in [0.1, 0.15) is 11.8 Å². The highest BCUT2D eigenvalue weighted by molar-refractivity contribution is 9.10. The number of hydrogen-bond acceptors (Lipinski definition) is 6. The molecule has 0 spiro atoms. The fraction of sp³-hybridized carbons (Fsp3) is 0.0435. The van der Waals surface area contributed by atoms with Crippen LogP contribution in [-0.4, -0.2) is 38.1 Å². The van der Waals surface area contributed by atoms with Crippen LogP contribution in [0.5, 0.6) is 0 Å². The number of benzene rings is 2. The van der Waals surface area contributed by atoms with Crippen LogP contribution in [0.1, 0.15) is 27.0 Å². The van der Waals surface area contributed by atoms with Crippen LogP contribution < -0.4 is 4.90 Å². The Bertz CT molecular complexity index is 1470. The van der Waals surface area contributed by atoms with Gasteiger partial charge in [0, 0.05) is 31.4 Å². The number of nitrogens with zero attached hydrogens (tertiary/aromatic N) is 2. The Morgan fingerprint density at radius 2 is 1.85 bits per heavy atom. The number of anilines is 1. The number of fused-ring (bicyclic) bond motifs is 1. The lowest BCUT2D eigenvalue weighted by molar-refractivity contribution is -0.132. The first-order chi connectivity index (χ1) is 15.9. The molecule has 1 atom stereocenters. The molecule has 4 aromatic rings. The zero-order valence-electron chi connectivity index (χ0n) is 16.7. The van der Waals surface area contributed by atoms with Crippen molar-refractivity contribution in [2.24, 2.45) is 0 Å². The van der Waals surface area contributed by atoms with E-state index in [4.69, 9.17) is 0 Å². The molecule has 10 heteroatoms. The van der Waals surface area contributed by atoms with Crippen LogP contribution in [-0.2, 0) is 9.59 Å². The number of carboxylic acids is 1. The molecule has 1 aliphatic rings. The first-order valence-corrected chi connectivity index (χ1v) is 11.4. The Hall–Kier alpha value is -3.76. The molecule has 2 aromatic carbocycles. The van der Waals surface area contributed by atoms with Crippen LogP contribution in [0.25, 0.3) is 16.7 Å². The second-order valence-corrected chi connectivity index (χ2v) is 9.17. The minimum atomic E-state index is -1.22. The number of hydrogen-bond donors (Lipinski definition) is 3. The van der Waals surface area contributed by atoms with E-state index in [1.807, 2.05) is 5.38 Å². The zero-order valence-corrected chi connectivity index (χ0v) is 19.1. The van der Waals surface area contributed by atoms with Gasteiger partial charge in [-0.3, -0.25) is 19.6 Å². The standard InChI is InChI=1S/C23H14BrN3O5S/c24-12-8-16(33-10-12)19-17(20(28)11-4-2-1-3-5-11)21(29)22(30)27(19)13-6-7-15-14(9-13)18(23(31)32)26-25-15/h1-10,19,28H,(H,25,26)(H,31,32)/b20-17+/t19-/m1/s1. The molecule has 0 unspecified atom stereocenters. The number of carbonyl (C=O) groups is 3. The van der Waals surface area contributed by atoms with Gasteiger partial charge in [0.05, 0.1) is 11.1 Å². The Balaban J connectivity index is 1.74. The van der Waals surface area contributed by atoms with Crippen LogP contribution in [0, 0.1) is 0 Å². The summed E-state index contributed by atoms with van der Waals surface area (Å²) < 4.78 is 0.770. The second-order valence-electron chi connectivity index (χ2n) is 7.31. The number of carboxylic acid groups (broad SMARTS) is 1. The van der Waals surface area contributed by atoms with Crippen LogP contribution >= 0.6 is 27.3 Å². The Morgan fingerprint density at radius 3 is 2.52 bits per heavy atom. The second kappa shape index (κ2) is 7.98. The third kappa shape index (κ3) is 3.43. The third-order valence-corrected chi connectivity index (χ3v) is 7.12. The summed E-state index contributed by atoms with van der Waals surface area (Å²) in [5.74, 6) is -3.14. The van der Waals surface area contributed by atoms with Gasteiger partial charge >= 0.3 is 5.97 Å². The maximum absolute atomic E-state index is 13.2. The minimum absolute atomic E-state index is 0.0358. The Labute approximate surface area is 198 Å². The van der Waals surface area contributed by atoms with Crippen molar-refractivity contribution in [2.75, 3.05) is 4.90 Å². The molecule has 33 heavy (non-hydrogen) atoms. The first-order valence-electron chi connectivity index (χ1n) is 9.68. The van der Waals surface area contributed by atoms with E-state index in [2.05, 4.69) is 26.1 Å². The summed E-state index contributed by atoms with van der Waals surface area (Å²) in [6.07, 6.45) is 0. The van der Waals surface area contributed by atoms with Crippen molar-refractivity contribution in [1.82, 2.24) is 10.2 Å². The van der Waals surface area contributed by atoms with Crippen molar-refractivity contribution in [1.29, 1.82) is 0 Å². The molecule has 5 rings (SSSR count). The van der Waals surface area contributed by atoms with E-state index in [1.54, 1.807) is 48.5 Å². The summed E-state index contributed by atoms with van der Waals surface area (Å²) in [7, 11) is 0. The van der Waals surface area contributed by atoms with Gasteiger partial charge in [-0.05, 0) is 40.2 Å². The highest BCUT2D eigenvalue weighted by atomic mass is 79.9. The van der Waals surface area contributed by atoms with Gasteiger partial charge in [-0.25, -0.2) is 4.79 Å².